The zero-order valence-corrected chi connectivity index (χ0v) is 13.0. The predicted octanol–water partition coefficient (Wildman–Crippen LogP) is 2.88. The van der Waals surface area contributed by atoms with E-state index >= 15 is 0 Å². The normalized spacial score (nSPS) is 12.4. The Morgan fingerprint density at radius 3 is 2.71 bits per heavy atom. The van der Waals surface area contributed by atoms with Gasteiger partial charge in [0.15, 0.2) is 0 Å². The minimum absolute atomic E-state index is 0.0791. The van der Waals surface area contributed by atoms with E-state index in [1.807, 2.05) is 43.4 Å². The molecule has 21 heavy (non-hydrogen) atoms. The van der Waals surface area contributed by atoms with Gasteiger partial charge in [-0.1, -0.05) is 23.7 Å². The summed E-state index contributed by atoms with van der Waals surface area (Å²) in [6, 6.07) is 11.8. The van der Waals surface area contributed by atoms with Crippen molar-refractivity contribution in [3.8, 4) is 5.75 Å². The van der Waals surface area contributed by atoms with Crippen molar-refractivity contribution in [1.82, 2.24) is 9.88 Å². The molecule has 1 heterocycles. The van der Waals surface area contributed by atoms with Gasteiger partial charge in [0.05, 0.1) is 17.8 Å². The van der Waals surface area contributed by atoms with Crippen molar-refractivity contribution >= 4 is 11.6 Å². The number of nitrogens with zero attached hydrogens (tertiary/aromatic N) is 2. The van der Waals surface area contributed by atoms with Gasteiger partial charge >= 0.3 is 0 Å². The maximum absolute atomic E-state index is 6.20. The Kier molecular flexibility index (Phi) is 5.56. The van der Waals surface area contributed by atoms with Crippen LogP contribution in [0.2, 0.25) is 5.02 Å². The van der Waals surface area contributed by atoms with Crippen molar-refractivity contribution < 1.29 is 4.74 Å². The lowest BCUT2D eigenvalue weighted by Gasteiger charge is -2.27. The highest BCUT2D eigenvalue weighted by Gasteiger charge is 2.17. The first kappa shape index (κ1) is 15.8. The van der Waals surface area contributed by atoms with E-state index in [0.29, 0.717) is 17.3 Å². The minimum Gasteiger partial charge on any atom is -0.495 e. The van der Waals surface area contributed by atoms with E-state index in [1.165, 1.54) is 0 Å². The topological polar surface area (TPSA) is 51.4 Å². The van der Waals surface area contributed by atoms with Crippen molar-refractivity contribution in [1.29, 1.82) is 0 Å². The molecule has 0 bridgehead atoms. The van der Waals surface area contributed by atoms with E-state index in [1.54, 1.807) is 13.3 Å². The molecule has 0 aliphatic heterocycles. The molecule has 2 N–H and O–H groups in total. The molecule has 0 saturated carbocycles. The van der Waals surface area contributed by atoms with Crippen LogP contribution in [0, 0.1) is 0 Å². The molecule has 0 saturated heterocycles. The molecule has 0 amide bonds. The summed E-state index contributed by atoms with van der Waals surface area (Å²) in [5.41, 5.74) is 8.03. The van der Waals surface area contributed by atoms with Gasteiger partial charge < -0.3 is 10.5 Å². The van der Waals surface area contributed by atoms with Gasteiger partial charge in [0.2, 0.25) is 0 Å². The second-order valence-corrected chi connectivity index (χ2v) is 5.29. The van der Waals surface area contributed by atoms with Crippen LogP contribution in [-0.2, 0) is 6.54 Å². The number of hydrogen-bond acceptors (Lipinski definition) is 4. The fraction of sp³-hybridized carbons (Fsp3) is 0.312. The maximum atomic E-state index is 6.20. The summed E-state index contributed by atoms with van der Waals surface area (Å²) in [4.78, 5) is 6.51. The number of methoxy groups -OCH3 is 1. The van der Waals surface area contributed by atoms with Crippen molar-refractivity contribution in [2.75, 3.05) is 20.7 Å². The lowest BCUT2D eigenvalue weighted by Crippen LogP contribution is -2.30. The summed E-state index contributed by atoms with van der Waals surface area (Å²) in [6.07, 6.45) is 1.80. The molecule has 1 atom stereocenters. The standard InChI is InChI=1S/C16H20ClN3O/c1-20(11-13-5-3-4-8-19-13)15(10-18)12-6-7-16(21-2)14(17)9-12/h3-9,15H,10-11,18H2,1-2H3. The SMILES string of the molecule is COc1ccc(C(CN)N(C)Cc2ccccn2)cc1Cl. The largest absolute Gasteiger partial charge is 0.495 e. The van der Waals surface area contributed by atoms with E-state index in [9.17, 15) is 0 Å². The van der Waals surface area contributed by atoms with Crippen LogP contribution < -0.4 is 10.5 Å². The fourth-order valence-corrected chi connectivity index (χ4v) is 2.58. The number of likely N-dealkylation sites (N-methyl/N-ethyl adjacent to an activating group) is 1. The van der Waals surface area contributed by atoms with E-state index in [2.05, 4.69) is 9.88 Å². The van der Waals surface area contributed by atoms with Gasteiger partial charge in [-0.25, -0.2) is 0 Å². The Labute approximate surface area is 130 Å². The van der Waals surface area contributed by atoms with Crippen molar-refractivity contribution in [3.63, 3.8) is 0 Å². The predicted molar refractivity (Wildman–Crippen MR) is 85.5 cm³/mol. The van der Waals surface area contributed by atoms with Gasteiger partial charge in [0.25, 0.3) is 0 Å². The quantitative estimate of drug-likeness (QED) is 0.891. The highest BCUT2D eigenvalue weighted by atomic mass is 35.5. The molecule has 0 fully saturated rings. The first-order valence-corrected chi connectivity index (χ1v) is 7.17. The van der Waals surface area contributed by atoms with Gasteiger partial charge in [-0.3, -0.25) is 9.88 Å². The molecule has 0 aliphatic carbocycles. The van der Waals surface area contributed by atoms with Crippen LogP contribution in [0.15, 0.2) is 42.6 Å². The minimum atomic E-state index is 0.0791. The third kappa shape index (κ3) is 3.94. The van der Waals surface area contributed by atoms with Crippen LogP contribution in [0.5, 0.6) is 5.75 Å². The first-order chi connectivity index (χ1) is 10.2. The van der Waals surface area contributed by atoms with Gasteiger partial charge in [-0.15, -0.1) is 0 Å². The number of nitrogens with two attached hydrogens (primary N) is 1. The molecule has 0 radical (unpaired) electrons. The Bertz CT molecular complexity index is 577. The van der Waals surface area contributed by atoms with Crippen LogP contribution in [0.25, 0.3) is 0 Å². The molecule has 1 aromatic heterocycles. The molecular formula is C16H20ClN3O. The van der Waals surface area contributed by atoms with Crippen LogP contribution in [0.1, 0.15) is 17.3 Å². The van der Waals surface area contributed by atoms with Gasteiger partial charge in [0, 0.05) is 25.3 Å². The van der Waals surface area contributed by atoms with Gasteiger partial charge in [-0.2, -0.15) is 0 Å². The fourth-order valence-electron chi connectivity index (χ4n) is 2.32. The third-order valence-electron chi connectivity index (χ3n) is 3.45. The lowest BCUT2D eigenvalue weighted by molar-refractivity contribution is 0.239. The molecule has 112 valence electrons. The van der Waals surface area contributed by atoms with E-state index in [4.69, 9.17) is 22.1 Å². The smallest absolute Gasteiger partial charge is 0.137 e. The Morgan fingerprint density at radius 2 is 2.14 bits per heavy atom. The highest BCUT2D eigenvalue weighted by Crippen LogP contribution is 2.29. The molecule has 1 aromatic carbocycles. The average Bonchev–Trinajstić information content (AvgIpc) is 2.49. The summed E-state index contributed by atoms with van der Waals surface area (Å²) < 4.78 is 5.18. The van der Waals surface area contributed by atoms with Crippen LogP contribution >= 0.6 is 11.6 Å². The summed E-state index contributed by atoms with van der Waals surface area (Å²) in [7, 11) is 3.64. The number of aromatic nitrogens is 1. The number of ether oxygens (including phenoxy) is 1. The van der Waals surface area contributed by atoms with Crippen molar-refractivity contribution in [2.24, 2.45) is 5.73 Å². The summed E-state index contributed by atoms with van der Waals surface area (Å²) in [5, 5.41) is 0.597. The molecule has 5 heteroatoms. The third-order valence-corrected chi connectivity index (χ3v) is 3.75. The first-order valence-electron chi connectivity index (χ1n) is 6.79. The monoisotopic (exact) mass is 305 g/mol. The molecule has 1 unspecified atom stereocenters. The molecule has 0 aliphatic rings. The number of rotatable bonds is 6. The summed E-state index contributed by atoms with van der Waals surface area (Å²) >= 11 is 6.20. The zero-order valence-electron chi connectivity index (χ0n) is 12.3. The van der Waals surface area contributed by atoms with Crippen LogP contribution in [-0.4, -0.2) is 30.6 Å². The van der Waals surface area contributed by atoms with Gasteiger partial charge in [0.1, 0.15) is 5.75 Å². The van der Waals surface area contributed by atoms with Crippen LogP contribution in [0.4, 0.5) is 0 Å². The lowest BCUT2D eigenvalue weighted by atomic mass is 10.1. The second-order valence-electron chi connectivity index (χ2n) is 4.88. The number of benzene rings is 1. The van der Waals surface area contributed by atoms with Crippen molar-refractivity contribution in [3.05, 3.63) is 58.9 Å². The van der Waals surface area contributed by atoms with Crippen LogP contribution in [0.3, 0.4) is 0 Å². The molecular weight excluding hydrogens is 286 g/mol. The van der Waals surface area contributed by atoms with E-state index in [-0.39, 0.29) is 6.04 Å². The Morgan fingerprint density at radius 1 is 1.33 bits per heavy atom. The molecule has 2 aromatic rings. The summed E-state index contributed by atoms with van der Waals surface area (Å²) in [6.45, 7) is 1.23. The number of halogens is 1. The molecule has 0 spiro atoms. The number of hydrogen-bond donors (Lipinski definition) is 1. The second kappa shape index (κ2) is 7.41. The van der Waals surface area contributed by atoms with E-state index < -0.39 is 0 Å². The molecule has 4 nitrogen and oxygen atoms in total. The number of pyridine rings is 1. The maximum Gasteiger partial charge on any atom is 0.137 e. The Hall–Kier alpha value is -1.62. The highest BCUT2D eigenvalue weighted by molar-refractivity contribution is 6.32. The average molecular weight is 306 g/mol. The van der Waals surface area contributed by atoms with E-state index in [0.717, 1.165) is 17.8 Å². The van der Waals surface area contributed by atoms with Gasteiger partial charge in [-0.05, 0) is 36.9 Å². The zero-order chi connectivity index (χ0) is 15.2. The van der Waals surface area contributed by atoms with Crippen molar-refractivity contribution in [2.45, 2.75) is 12.6 Å². The summed E-state index contributed by atoms with van der Waals surface area (Å²) in [5.74, 6) is 0.670. The Balaban J connectivity index is 2.16. The molecule has 2 rings (SSSR count).